The van der Waals surface area contributed by atoms with Gasteiger partial charge in [-0.2, -0.15) is 0 Å². The van der Waals surface area contributed by atoms with Gasteiger partial charge in [0.15, 0.2) is 0 Å². The summed E-state index contributed by atoms with van der Waals surface area (Å²) in [7, 11) is 0. The Kier molecular flexibility index (Phi) is 8.57. The first-order chi connectivity index (χ1) is 15.9. The van der Waals surface area contributed by atoms with Crippen LogP contribution >= 0.6 is 0 Å². The second-order valence-electron chi connectivity index (χ2n) is 8.45. The van der Waals surface area contributed by atoms with E-state index in [1.165, 1.54) is 24.3 Å². The molecule has 2 aromatic rings. The van der Waals surface area contributed by atoms with Gasteiger partial charge >= 0.3 is 23.9 Å². The second kappa shape index (κ2) is 11.0. The van der Waals surface area contributed by atoms with Crippen LogP contribution in [0, 0.1) is 33.6 Å². The van der Waals surface area contributed by atoms with Crippen LogP contribution in [0.5, 0.6) is 0 Å². The van der Waals surface area contributed by atoms with E-state index in [4.69, 9.17) is 9.47 Å². The molecule has 8 heteroatoms. The van der Waals surface area contributed by atoms with Crippen molar-refractivity contribution in [3.05, 3.63) is 68.8 Å². The van der Waals surface area contributed by atoms with Crippen LogP contribution in [0.4, 0.5) is 0 Å². The molecule has 2 rings (SSSR count). The molecule has 0 fully saturated rings. The summed E-state index contributed by atoms with van der Waals surface area (Å²) >= 11 is 0. The van der Waals surface area contributed by atoms with Gasteiger partial charge in [-0.1, -0.05) is 6.92 Å². The van der Waals surface area contributed by atoms with Crippen LogP contribution in [0.2, 0.25) is 0 Å². The lowest BCUT2D eigenvalue weighted by molar-refractivity contribution is 0.000688. The predicted molar refractivity (Wildman–Crippen MR) is 125 cm³/mol. The lowest BCUT2D eigenvalue weighted by Gasteiger charge is -2.23. The number of rotatable bonds is 9. The van der Waals surface area contributed by atoms with Gasteiger partial charge < -0.3 is 19.7 Å². The van der Waals surface area contributed by atoms with Gasteiger partial charge in [0.2, 0.25) is 0 Å². The van der Waals surface area contributed by atoms with Crippen LogP contribution in [0.1, 0.15) is 84.0 Å². The van der Waals surface area contributed by atoms with E-state index >= 15 is 0 Å². The Hall–Kier alpha value is -3.68. The van der Waals surface area contributed by atoms with Crippen LogP contribution in [-0.4, -0.2) is 46.8 Å². The van der Waals surface area contributed by atoms with Gasteiger partial charge in [0.25, 0.3) is 0 Å². The van der Waals surface area contributed by atoms with E-state index in [2.05, 4.69) is 0 Å². The summed E-state index contributed by atoms with van der Waals surface area (Å²) in [5, 5.41) is 18.5. The van der Waals surface area contributed by atoms with Crippen LogP contribution in [0.15, 0.2) is 24.3 Å². The molecule has 0 aliphatic rings. The van der Waals surface area contributed by atoms with Crippen molar-refractivity contribution in [2.75, 3.05) is 6.61 Å². The van der Waals surface area contributed by atoms with Gasteiger partial charge in [-0.15, -0.1) is 0 Å². The Balaban J connectivity index is 2.09. The summed E-state index contributed by atoms with van der Waals surface area (Å²) < 4.78 is 11.1. The molecule has 0 bridgehead atoms. The molecule has 182 valence electrons. The highest BCUT2D eigenvalue weighted by Gasteiger charge is 2.25. The molecule has 0 saturated carbocycles. The number of carboxylic acids is 2. The van der Waals surface area contributed by atoms with Gasteiger partial charge in [-0.25, -0.2) is 19.2 Å². The van der Waals surface area contributed by atoms with E-state index in [-0.39, 0.29) is 34.8 Å². The summed E-state index contributed by atoms with van der Waals surface area (Å²) in [4.78, 5) is 47.9. The van der Waals surface area contributed by atoms with E-state index < -0.39 is 30.0 Å². The highest BCUT2D eigenvalue weighted by atomic mass is 16.6. The summed E-state index contributed by atoms with van der Waals surface area (Å²) in [5.41, 5.74) is 2.73. The third kappa shape index (κ3) is 6.01. The van der Waals surface area contributed by atoms with Crippen molar-refractivity contribution >= 4 is 23.9 Å². The molecule has 0 saturated heterocycles. The zero-order valence-corrected chi connectivity index (χ0v) is 20.2. The fraction of sp³-hybridized carbons (Fsp3) is 0.385. The molecule has 34 heavy (non-hydrogen) atoms. The molecule has 2 atom stereocenters. The average Bonchev–Trinajstić information content (AvgIpc) is 2.75. The number of aryl methyl sites for hydroxylation is 4. The number of aromatic carboxylic acids is 2. The first-order valence-electron chi connectivity index (χ1n) is 10.9. The Bertz CT molecular complexity index is 1130. The lowest BCUT2D eigenvalue weighted by Crippen LogP contribution is -2.29. The normalized spacial score (nSPS) is 12.5. The molecule has 0 aliphatic heterocycles. The Morgan fingerprint density at radius 2 is 1.12 bits per heavy atom. The summed E-state index contributed by atoms with van der Waals surface area (Å²) in [6.45, 7) is 10.1. The van der Waals surface area contributed by atoms with Crippen LogP contribution in [-0.2, 0) is 9.47 Å². The average molecular weight is 471 g/mol. The number of carbonyl (C=O) groups excluding carboxylic acids is 2. The standard InChI is InChI=1S/C26H30O8/c1-7-18(12-33-25(31)21-10-13(2)19(23(27)28)8-15(21)4)17(6)34-26(32)22-11-14(3)20(24(29)30)9-16(22)5/h8-11,17-18H,7,12H2,1-6H3,(H,27,28)(H,29,30). The van der Waals surface area contributed by atoms with Gasteiger partial charge in [0.1, 0.15) is 6.10 Å². The maximum absolute atomic E-state index is 12.7. The zero-order valence-electron chi connectivity index (χ0n) is 20.2. The molecule has 0 aliphatic carbocycles. The highest BCUT2D eigenvalue weighted by molar-refractivity contribution is 5.96. The first-order valence-corrected chi connectivity index (χ1v) is 10.9. The second-order valence-corrected chi connectivity index (χ2v) is 8.45. The molecular weight excluding hydrogens is 440 g/mol. The maximum Gasteiger partial charge on any atom is 0.338 e. The molecule has 0 heterocycles. The topological polar surface area (TPSA) is 127 Å². The van der Waals surface area contributed by atoms with Crippen molar-refractivity contribution in [3.8, 4) is 0 Å². The van der Waals surface area contributed by atoms with Crippen LogP contribution in [0.25, 0.3) is 0 Å². The molecule has 8 nitrogen and oxygen atoms in total. The molecule has 0 amide bonds. The van der Waals surface area contributed by atoms with E-state index in [1.807, 2.05) is 6.92 Å². The molecule has 0 radical (unpaired) electrons. The molecular formula is C26H30O8. The number of benzene rings is 2. The lowest BCUT2D eigenvalue weighted by atomic mass is 9.99. The molecule has 0 aromatic heterocycles. The number of carboxylic acid groups (broad SMARTS) is 2. The van der Waals surface area contributed by atoms with E-state index in [9.17, 15) is 29.4 Å². The molecule has 0 spiro atoms. The fourth-order valence-electron chi connectivity index (χ4n) is 3.71. The highest BCUT2D eigenvalue weighted by Crippen LogP contribution is 2.22. The van der Waals surface area contributed by atoms with Crippen molar-refractivity contribution in [2.24, 2.45) is 5.92 Å². The van der Waals surface area contributed by atoms with E-state index in [0.29, 0.717) is 28.7 Å². The maximum atomic E-state index is 12.7. The smallest absolute Gasteiger partial charge is 0.338 e. The van der Waals surface area contributed by atoms with Crippen molar-refractivity contribution in [3.63, 3.8) is 0 Å². The van der Waals surface area contributed by atoms with Gasteiger partial charge in [-0.3, -0.25) is 0 Å². The summed E-state index contributed by atoms with van der Waals surface area (Å²) in [6.07, 6.45) is 0.00886. The number of hydrogen-bond donors (Lipinski definition) is 2. The van der Waals surface area contributed by atoms with Crippen LogP contribution in [0.3, 0.4) is 0 Å². The number of ether oxygens (including phenoxy) is 2. The van der Waals surface area contributed by atoms with Crippen molar-refractivity contribution in [2.45, 2.75) is 54.1 Å². The number of hydrogen-bond acceptors (Lipinski definition) is 6. The number of esters is 2. The van der Waals surface area contributed by atoms with E-state index in [1.54, 1.807) is 34.6 Å². The largest absolute Gasteiger partial charge is 0.478 e. The third-order valence-corrected chi connectivity index (χ3v) is 5.95. The summed E-state index contributed by atoms with van der Waals surface area (Å²) in [6, 6.07) is 5.88. The Morgan fingerprint density at radius 1 is 0.735 bits per heavy atom. The summed E-state index contributed by atoms with van der Waals surface area (Å²) in [5.74, 6) is -3.56. The molecule has 2 N–H and O–H groups in total. The predicted octanol–water partition coefficient (Wildman–Crippen LogP) is 4.75. The third-order valence-electron chi connectivity index (χ3n) is 5.95. The van der Waals surface area contributed by atoms with E-state index in [0.717, 1.165) is 0 Å². The Labute approximate surface area is 198 Å². The van der Waals surface area contributed by atoms with Crippen molar-refractivity contribution in [1.29, 1.82) is 0 Å². The van der Waals surface area contributed by atoms with Crippen molar-refractivity contribution < 1.29 is 38.9 Å². The molecule has 2 aromatic carbocycles. The van der Waals surface area contributed by atoms with Crippen molar-refractivity contribution in [1.82, 2.24) is 0 Å². The van der Waals surface area contributed by atoms with Crippen LogP contribution < -0.4 is 0 Å². The minimum Gasteiger partial charge on any atom is -0.478 e. The SMILES string of the molecule is CCC(COC(=O)c1cc(C)c(C(=O)O)cc1C)C(C)OC(=O)c1cc(C)c(C(=O)O)cc1C. The zero-order chi connectivity index (χ0) is 25.7. The molecule has 2 unspecified atom stereocenters. The monoisotopic (exact) mass is 470 g/mol. The number of carbonyl (C=O) groups is 4. The van der Waals surface area contributed by atoms with Gasteiger partial charge in [0.05, 0.1) is 28.9 Å². The Morgan fingerprint density at radius 3 is 1.53 bits per heavy atom. The minimum atomic E-state index is -1.07. The van der Waals surface area contributed by atoms with Gasteiger partial charge in [-0.05, 0) is 87.6 Å². The minimum absolute atomic E-state index is 0.0128. The van der Waals surface area contributed by atoms with Gasteiger partial charge in [0, 0.05) is 5.92 Å². The fourth-order valence-corrected chi connectivity index (χ4v) is 3.71. The first kappa shape index (κ1) is 26.6. The quantitative estimate of drug-likeness (QED) is 0.503.